The zero-order valence-corrected chi connectivity index (χ0v) is 18.0. The van der Waals surface area contributed by atoms with Gasteiger partial charge in [-0.2, -0.15) is 0 Å². The van der Waals surface area contributed by atoms with Gasteiger partial charge in [0, 0.05) is 31.0 Å². The summed E-state index contributed by atoms with van der Waals surface area (Å²) in [7, 11) is 0. The molecule has 1 unspecified atom stereocenters. The average Bonchev–Trinajstić information content (AvgIpc) is 3.38. The number of imidazole rings is 1. The number of aromatic nitrogens is 2. The second-order valence-corrected chi connectivity index (χ2v) is 8.02. The molecule has 0 saturated carbocycles. The molecule has 0 spiro atoms. The van der Waals surface area contributed by atoms with E-state index in [1.165, 1.54) is 17.0 Å². The van der Waals surface area contributed by atoms with Gasteiger partial charge >= 0.3 is 0 Å². The number of likely N-dealkylation sites (tertiary alicyclic amines) is 1. The van der Waals surface area contributed by atoms with Crippen molar-refractivity contribution in [3.63, 3.8) is 0 Å². The van der Waals surface area contributed by atoms with Crippen LogP contribution in [0.2, 0.25) is 0 Å². The number of aryl methyl sites for hydroxylation is 3. The summed E-state index contributed by atoms with van der Waals surface area (Å²) in [5, 5.41) is 11.2. The number of hydrogen-bond acceptors (Lipinski definition) is 4. The van der Waals surface area contributed by atoms with Crippen molar-refractivity contribution in [1.29, 1.82) is 0 Å². The minimum absolute atomic E-state index is 0.0259. The fourth-order valence-corrected chi connectivity index (χ4v) is 4.08. The first kappa shape index (κ1) is 21.5. The molecule has 1 atom stereocenters. The minimum atomic E-state index is -0.793. The molecule has 1 N–H and O–H groups in total. The number of rotatable bonds is 6. The van der Waals surface area contributed by atoms with Gasteiger partial charge in [-0.05, 0) is 49.6 Å². The molecule has 0 radical (unpaired) electrons. The Bertz CT molecular complexity index is 1180. The number of benzene rings is 2. The molecule has 2 aromatic carbocycles. The van der Waals surface area contributed by atoms with Crippen LogP contribution in [0.1, 0.15) is 34.7 Å². The predicted molar refractivity (Wildman–Crippen MR) is 118 cm³/mol. The Hall–Kier alpha value is -3.74. The van der Waals surface area contributed by atoms with Crippen molar-refractivity contribution in [2.45, 2.75) is 32.9 Å². The van der Waals surface area contributed by atoms with Crippen molar-refractivity contribution in [3.05, 3.63) is 94.8 Å². The Morgan fingerprint density at radius 1 is 1.09 bits per heavy atom. The molecule has 1 aliphatic heterocycles. The fourth-order valence-electron chi connectivity index (χ4n) is 4.08. The van der Waals surface area contributed by atoms with Crippen LogP contribution >= 0.6 is 0 Å². The summed E-state index contributed by atoms with van der Waals surface area (Å²) in [6, 6.07) is 10.4. The predicted octanol–water partition coefficient (Wildman–Crippen LogP) is 4.15. The van der Waals surface area contributed by atoms with E-state index in [1.807, 2.05) is 36.7 Å². The third kappa shape index (κ3) is 4.06. The lowest BCUT2D eigenvalue weighted by Gasteiger charge is -2.25. The summed E-state index contributed by atoms with van der Waals surface area (Å²) in [5.74, 6) is -2.03. The molecule has 4 rings (SSSR count). The molecule has 2 heterocycles. The van der Waals surface area contributed by atoms with E-state index in [1.54, 1.807) is 30.7 Å². The number of aliphatic hydroxyl groups excluding tert-OH is 1. The Morgan fingerprint density at radius 2 is 1.84 bits per heavy atom. The van der Waals surface area contributed by atoms with Gasteiger partial charge < -0.3 is 14.6 Å². The summed E-state index contributed by atoms with van der Waals surface area (Å²) in [6.45, 7) is 4.65. The Kier molecular flexibility index (Phi) is 5.90. The molecule has 1 saturated heterocycles. The molecule has 1 amide bonds. The van der Waals surface area contributed by atoms with E-state index in [9.17, 15) is 19.1 Å². The van der Waals surface area contributed by atoms with Gasteiger partial charge in [-0.15, -0.1) is 0 Å². The van der Waals surface area contributed by atoms with Gasteiger partial charge in [0.2, 0.25) is 0 Å². The van der Waals surface area contributed by atoms with E-state index >= 15 is 0 Å². The highest BCUT2D eigenvalue weighted by Gasteiger charge is 2.45. The third-order valence-corrected chi connectivity index (χ3v) is 5.75. The summed E-state index contributed by atoms with van der Waals surface area (Å²) < 4.78 is 15.5. The highest BCUT2D eigenvalue weighted by atomic mass is 19.1. The maximum absolute atomic E-state index is 13.6. The van der Waals surface area contributed by atoms with Gasteiger partial charge in [0.1, 0.15) is 11.6 Å². The van der Waals surface area contributed by atoms with Crippen LogP contribution in [0.4, 0.5) is 4.39 Å². The topological polar surface area (TPSA) is 75.4 Å². The zero-order chi connectivity index (χ0) is 22.8. The zero-order valence-electron chi connectivity index (χ0n) is 18.0. The maximum Gasteiger partial charge on any atom is 0.295 e. The number of nitrogens with zero attached hydrogens (tertiary/aromatic N) is 3. The van der Waals surface area contributed by atoms with Gasteiger partial charge in [-0.25, -0.2) is 9.37 Å². The molecule has 6 nitrogen and oxygen atoms in total. The molecule has 1 fully saturated rings. The van der Waals surface area contributed by atoms with Gasteiger partial charge in [0.25, 0.3) is 11.7 Å². The Morgan fingerprint density at radius 3 is 2.53 bits per heavy atom. The van der Waals surface area contributed by atoms with Gasteiger partial charge in [0.05, 0.1) is 17.9 Å². The molecular formula is C25H24FN3O3. The highest BCUT2D eigenvalue weighted by molar-refractivity contribution is 6.46. The summed E-state index contributed by atoms with van der Waals surface area (Å²) in [6.07, 6.45) is 5.78. The van der Waals surface area contributed by atoms with Crippen LogP contribution in [0.5, 0.6) is 0 Å². The van der Waals surface area contributed by atoms with Crippen LogP contribution in [0.3, 0.4) is 0 Å². The number of ketones is 1. The van der Waals surface area contributed by atoms with Crippen molar-refractivity contribution in [2.75, 3.05) is 6.54 Å². The molecule has 1 aliphatic rings. The van der Waals surface area contributed by atoms with E-state index < -0.39 is 23.5 Å². The molecule has 32 heavy (non-hydrogen) atoms. The first-order valence-electron chi connectivity index (χ1n) is 10.4. The molecule has 7 heteroatoms. The fraction of sp³-hybridized carbons (Fsp3) is 0.240. The standard InChI is InChI=1S/C25H24FN3O3/c1-16-4-5-17(2)20(14-16)23(30)21-22(18-6-8-19(26)9-7-18)29(25(32)24(21)31)12-3-11-28-13-10-27-15-28/h4-10,13-15,22,30H,3,11-12H2,1-2H3/b23-21+. The van der Waals surface area contributed by atoms with Crippen molar-refractivity contribution >= 4 is 17.4 Å². The minimum Gasteiger partial charge on any atom is -0.507 e. The van der Waals surface area contributed by atoms with Gasteiger partial charge in [-0.1, -0.05) is 29.8 Å². The van der Waals surface area contributed by atoms with Crippen LogP contribution in [0.25, 0.3) is 5.76 Å². The second kappa shape index (κ2) is 8.78. The summed E-state index contributed by atoms with van der Waals surface area (Å²) in [4.78, 5) is 31.5. The number of amides is 1. The molecule has 0 bridgehead atoms. The third-order valence-electron chi connectivity index (χ3n) is 5.75. The van der Waals surface area contributed by atoms with E-state index in [0.29, 0.717) is 30.6 Å². The quantitative estimate of drug-likeness (QED) is 0.360. The lowest BCUT2D eigenvalue weighted by Crippen LogP contribution is -2.31. The Balaban J connectivity index is 1.76. The van der Waals surface area contributed by atoms with Crippen LogP contribution in [0.15, 0.2) is 66.8 Å². The summed E-state index contributed by atoms with van der Waals surface area (Å²) >= 11 is 0. The molecule has 0 aliphatic carbocycles. The lowest BCUT2D eigenvalue weighted by atomic mass is 9.93. The number of Topliss-reactive ketones (excluding diaryl/α,β-unsaturated/α-hetero) is 1. The summed E-state index contributed by atoms with van der Waals surface area (Å²) in [5.41, 5.74) is 2.81. The smallest absolute Gasteiger partial charge is 0.295 e. The lowest BCUT2D eigenvalue weighted by molar-refractivity contribution is -0.139. The van der Waals surface area contributed by atoms with Crippen molar-refractivity contribution in [2.24, 2.45) is 0 Å². The normalized spacial score (nSPS) is 17.8. The van der Waals surface area contributed by atoms with E-state index in [2.05, 4.69) is 4.98 Å². The number of carbonyl (C=O) groups excluding carboxylic acids is 2. The second-order valence-electron chi connectivity index (χ2n) is 8.02. The molecular weight excluding hydrogens is 409 g/mol. The number of hydrogen-bond donors (Lipinski definition) is 1. The van der Waals surface area contributed by atoms with E-state index in [0.717, 1.165) is 11.1 Å². The SMILES string of the molecule is Cc1ccc(C)c(/C(O)=C2\C(=O)C(=O)N(CCCn3ccnc3)C2c2ccc(F)cc2)c1. The molecule has 164 valence electrons. The van der Waals surface area contributed by atoms with Crippen molar-refractivity contribution in [3.8, 4) is 0 Å². The average molecular weight is 433 g/mol. The van der Waals surface area contributed by atoms with Crippen LogP contribution < -0.4 is 0 Å². The largest absolute Gasteiger partial charge is 0.507 e. The monoisotopic (exact) mass is 433 g/mol. The van der Waals surface area contributed by atoms with Crippen LogP contribution in [0, 0.1) is 19.7 Å². The number of carbonyl (C=O) groups is 2. The first-order chi connectivity index (χ1) is 15.4. The van der Waals surface area contributed by atoms with Crippen LogP contribution in [-0.2, 0) is 16.1 Å². The van der Waals surface area contributed by atoms with Crippen molar-refractivity contribution < 1.29 is 19.1 Å². The highest BCUT2D eigenvalue weighted by Crippen LogP contribution is 2.40. The van der Waals surface area contributed by atoms with Crippen molar-refractivity contribution in [1.82, 2.24) is 14.5 Å². The van der Waals surface area contributed by atoms with E-state index in [-0.39, 0.29) is 11.3 Å². The van der Waals surface area contributed by atoms with E-state index in [4.69, 9.17) is 0 Å². The number of aliphatic hydroxyl groups is 1. The first-order valence-corrected chi connectivity index (χ1v) is 10.4. The molecule has 1 aromatic heterocycles. The Labute approximate surface area is 185 Å². The van der Waals surface area contributed by atoms with Gasteiger partial charge in [-0.3, -0.25) is 9.59 Å². The molecule has 3 aromatic rings. The van der Waals surface area contributed by atoms with Gasteiger partial charge in [0.15, 0.2) is 0 Å². The number of halogens is 1. The van der Waals surface area contributed by atoms with Crippen LogP contribution in [-0.4, -0.2) is 37.8 Å². The maximum atomic E-state index is 13.6.